The van der Waals surface area contributed by atoms with Gasteiger partial charge in [0.15, 0.2) is 0 Å². The summed E-state index contributed by atoms with van der Waals surface area (Å²) in [7, 11) is 2.18. The van der Waals surface area contributed by atoms with Gasteiger partial charge in [0.1, 0.15) is 0 Å². The Balaban J connectivity index is 1.81. The zero-order chi connectivity index (χ0) is 12.3. The van der Waals surface area contributed by atoms with Gasteiger partial charge in [0.2, 0.25) is 0 Å². The van der Waals surface area contributed by atoms with E-state index in [1.165, 1.54) is 57.8 Å². The molecule has 1 unspecified atom stereocenters. The van der Waals surface area contributed by atoms with Crippen molar-refractivity contribution in [3.8, 4) is 0 Å². The second-order valence-electron chi connectivity index (χ2n) is 7.28. The molecule has 1 N–H and O–H groups in total. The van der Waals surface area contributed by atoms with Crippen molar-refractivity contribution >= 4 is 0 Å². The lowest BCUT2D eigenvalue weighted by Crippen LogP contribution is -2.38. The van der Waals surface area contributed by atoms with Crippen molar-refractivity contribution in [2.75, 3.05) is 7.05 Å². The summed E-state index contributed by atoms with van der Waals surface area (Å²) in [5.74, 6) is 1.98. The number of nitrogens with one attached hydrogen (secondary N) is 1. The third-order valence-electron chi connectivity index (χ3n) is 5.39. The minimum absolute atomic E-state index is 0.613. The van der Waals surface area contributed by atoms with Crippen molar-refractivity contribution in [1.82, 2.24) is 5.32 Å². The van der Waals surface area contributed by atoms with Gasteiger partial charge in [-0.1, -0.05) is 39.5 Å². The van der Waals surface area contributed by atoms with E-state index in [9.17, 15) is 0 Å². The SMILES string of the molecule is CNC(CC1CCCC1)C1CCC(C)(C)CC1. The molecule has 2 aliphatic rings. The summed E-state index contributed by atoms with van der Waals surface area (Å²) in [6, 6.07) is 0.800. The van der Waals surface area contributed by atoms with Gasteiger partial charge in [-0.25, -0.2) is 0 Å². The normalized spacial score (nSPS) is 28.4. The Kier molecular flexibility index (Phi) is 4.52. The van der Waals surface area contributed by atoms with Crippen LogP contribution < -0.4 is 5.32 Å². The fourth-order valence-electron chi connectivity index (χ4n) is 3.98. The first kappa shape index (κ1) is 13.4. The Morgan fingerprint density at radius 3 is 2.18 bits per heavy atom. The molecule has 0 spiro atoms. The molecule has 0 aromatic rings. The summed E-state index contributed by atoms with van der Waals surface area (Å²) in [5.41, 5.74) is 0.613. The van der Waals surface area contributed by atoms with Crippen LogP contribution in [-0.4, -0.2) is 13.1 Å². The Bertz CT molecular complexity index is 218. The lowest BCUT2D eigenvalue weighted by atomic mass is 9.70. The van der Waals surface area contributed by atoms with Crippen molar-refractivity contribution in [2.24, 2.45) is 17.3 Å². The van der Waals surface area contributed by atoms with Gasteiger partial charge in [0.25, 0.3) is 0 Å². The average Bonchev–Trinajstić information content (AvgIpc) is 2.79. The van der Waals surface area contributed by atoms with Crippen LogP contribution in [0.15, 0.2) is 0 Å². The highest BCUT2D eigenvalue weighted by atomic mass is 14.9. The third kappa shape index (κ3) is 3.71. The molecule has 0 radical (unpaired) electrons. The minimum Gasteiger partial charge on any atom is -0.317 e. The molecule has 1 atom stereocenters. The van der Waals surface area contributed by atoms with Gasteiger partial charge in [-0.05, 0) is 56.4 Å². The summed E-state index contributed by atoms with van der Waals surface area (Å²) in [4.78, 5) is 0. The first-order chi connectivity index (χ1) is 8.11. The maximum absolute atomic E-state index is 3.63. The Hall–Kier alpha value is -0.0400. The first-order valence-electron chi connectivity index (χ1n) is 7.78. The summed E-state index contributed by atoms with van der Waals surface area (Å²) in [5, 5.41) is 3.63. The first-order valence-corrected chi connectivity index (χ1v) is 7.78. The van der Waals surface area contributed by atoms with Crippen LogP contribution in [0.25, 0.3) is 0 Å². The highest BCUT2D eigenvalue weighted by molar-refractivity contribution is 4.86. The van der Waals surface area contributed by atoms with Gasteiger partial charge in [-0.3, -0.25) is 0 Å². The molecular formula is C16H31N. The van der Waals surface area contributed by atoms with E-state index in [-0.39, 0.29) is 0 Å². The second-order valence-corrected chi connectivity index (χ2v) is 7.28. The van der Waals surface area contributed by atoms with Crippen molar-refractivity contribution in [1.29, 1.82) is 0 Å². The summed E-state index contributed by atoms with van der Waals surface area (Å²) < 4.78 is 0. The number of hydrogen-bond donors (Lipinski definition) is 1. The van der Waals surface area contributed by atoms with Crippen molar-refractivity contribution < 1.29 is 0 Å². The van der Waals surface area contributed by atoms with Crippen LogP contribution in [0.3, 0.4) is 0 Å². The molecule has 0 amide bonds. The lowest BCUT2D eigenvalue weighted by Gasteiger charge is -2.38. The fourth-order valence-corrected chi connectivity index (χ4v) is 3.98. The quantitative estimate of drug-likeness (QED) is 0.765. The molecule has 100 valence electrons. The van der Waals surface area contributed by atoms with Crippen molar-refractivity contribution in [2.45, 2.75) is 77.7 Å². The predicted molar refractivity (Wildman–Crippen MR) is 75.2 cm³/mol. The summed E-state index contributed by atoms with van der Waals surface area (Å²) in [6.45, 7) is 4.88. The molecule has 17 heavy (non-hydrogen) atoms. The molecule has 0 saturated heterocycles. The Labute approximate surface area is 108 Å². The van der Waals surface area contributed by atoms with Gasteiger partial charge >= 0.3 is 0 Å². The Morgan fingerprint density at radius 1 is 1.06 bits per heavy atom. The van der Waals surface area contributed by atoms with Crippen molar-refractivity contribution in [3.63, 3.8) is 0 Å². The predicted octanol–water partition coefficient (Wildman–Crippen LogP) is 4.37. The molecule has 0 heterocycles. The van der Waals surface area contributed by atoms with Crippen LogP contribution in [0.1, 0.15) is 71.6 Å². The van der Waals surface area contributed by atoms with E-state index in [4.69, 9.17) is 0 Å². The minimum atomic E-state index is 0.613. The highest BCUT2D eigenvalue weighted by Crippen LogP contribution is 2.41. The highest BCUT2D eigenvalue weighted by Gasteiger charge is 2.32. The van der Waals surface area contributed by atoms with Crippen LogP contribution >= 0.6 is 0 Å². The second kappa shape index (κ2) is 5.73. The van der Waals surface area contributed by atoms with E-state index in [0.717, 1.165) is 17.9 Å². The van der Waals surface area contributed by atoms with E-state index in [1.54, 1.807) is 0 Å². The largest absolute Gasteiger partial charge is 0.317 e. The van der Waals surface area contributed by atoms with Crippen LogP contribution in [0, 0.1) is 17.3 Å². The van der Waals surface area contributed by atoms with E-state index in [2.05, 4.69) is 26.2 Å². The van der Waals surface area contributed by atoms with E-state index in [0.29, 0.717) is 5.41 Å². The van der Waals surface area contributed by atoms with Crippen LogP contribution in [0.2, 0.25) is 0 Å². The lowest BCUT2D eigenvalue weighted by molar-refractivity contribution is 0.153. The smallest absolute Gasteiger partial charge is 0.00949 e. The van der Waals surface area contributed by atoms with Crippen molar-refractivity contribution in [3.05, 3.63) is 0 Å². The molecule has 2 aliphatic carbocycles. The van der Waals surface area contributed by atoms with Gasteiger partial charge < -0.3 is 5.32 Å². The molecule has 1 heteroatoms. The molecular weight excluding hydrogens is 206 g/mol. The van der Waals surface area contributed by atoms with E-state index >= 15 is 0 Å². The molecule has 2 fully saturated rings. The molecule has 2 rings (SSSR count). The molecule has 0 aromatic heterocycles. The van der Waals surface area contributed by atoms with E-state index in [1.807, 2.05) is 0 Å². The maximum atomic E-state index is 3.63. The van der Waals surface area contributed by atoms with Gasteiger partial charge in [-0.15, -0.1) is 0 Å². The number of rotatable bonds is 4. The van der Waals surface area contributed by atoms with Gasteiger partial charge in [-0.2, -0.15) is 0 Å². The topological polar surface area (TPSA) is 12.0 Å². The summed E-state index contributed by atoms with van der Waals surface area (Å²) >= 11 is 0. The van der Waals surface area contributed by atoms with Gasteiger partial charge in [0, 0.05) is 6.04 Å². The molecule has 0 aromatic carbocycles. The zero-order valence-corrected chi connectivity index (χ0v) is 12.1. The average molecular weight is 237 g/mol. The Morgan fingerprint density at radius 2 is 1.65 bits per heavy atom. The maximum Gasteiger partial charge on any atom is 0.00949 e. The monoisotopic (exact) mass is 237 g/mol. The van der Waals surface area contributed by atoms with Gasteiger partial charge in [0.05, 0.1) is 0 Å². The zero-order valence-electron chi connectivity index (χ0n) is 12.1. The third-order valence-corrected chi connectivity index (χ3v) is 5.39. The molecule has 1 nitrogen and oxygen atoms in total. The van der Waals surface area contributed by atoms with Crippen LogP contribution in [0.5, 0.6) is 0 Å². The molecule has 2 saturated carbocycles. The standard InChI is InChI=1S/C16H31N/c1-16(2)10-8-14(9-11-16)15(17-3)12-13-6-4-5-7-13/h13-15,17H,4-12H2,1-3H3. The van der Waals surface area contributed by atoms with Crippen LogP contribution in [-0.2, 0) is 0 Å². The molecule has 0 bridgehead atoms. The number of hydrogen-bond acceptors (Lipinski definition) is 1. The fraction of sp³-hybridized carbons (Fsp3) is 1.00. The van der Waals surface area contributed by atoms with Crippen LogP contribution in [0.4, 0.5) is 0 Å². The summed E-state index contributed by atoms with van der Waals surface area (Å²) in [6.07, 6.45) is 13.2. The van der Waals surface area contributed by atoms with E-state index < -0.39 is 0 Å². The molecule has 0 aliphatic heterocycles.